The Kier molecular flexibility index (Phi) is 4.85. The molecule has 4 aliphatic rings. The zero-order valence-corrected chi connectivity index (χ0v) is 20.2. The van der Waals surface area contributed by atoms with E-state index in [1.54, 1.807) is 26.4 Å². The molecule has 1 fully saturated rings. The molecule has 0 saturated carbocycles. The molecule has 170 valence electrons. The summed E-state index contributed by atoms with van der Waals surface area (Å²) in [5.41, 5.74) is 5.18. The number of hydrogen-bond donors (Lipinski definition) is 0. The average molecular weight is 517 g/mol. The fraction of sp³-hybridized carbons (Fsp3) is 0.222. The maximum Gasteiger partial charge on any atom is 0.254 e. The van der Waals surface area contributed by atoms with Crippen LogP contribution in [0.4, 0.5) is 0 Å². The Morgan fingerprint density at radius 1 is 0.794 bits per heavy atom. The molecule has 1 aliphatic heterocycles. The number of halogens is 1. The van der Waals surface area contributed by atoms with Gasteiger partial charge in [-0.1, -0.05) is 48.5 Å². The summed E-state index contributed by atoms with van der Waals surface area (Å²) in [6.45, 7) is 0. The molecule has 1 heterocycles. The van der Waals surface area contributed by atoms with Gasteiger partial charge in [0.25, 0.3) is 11.8 Å². The first-order valence-electron chi connectivity index (χ1n) is 11.1. The third kappa shape index (κ3) is 2.83. The predicted octanol–water partition coefficient (Wildman–Crippen LogP) is 4.69. The number of hydrazone groups is 1. The molecule has 7 rings (SSSR count). The minimum absolute atomic E-state index is 0.149. The molecule has 3 aromatic carbocycles. The molecule has 0 radical (unpaired) electrons. The van der Waals surface area contributed by atoms with Crippen LogP contribution in [-0.4, -0.2) is 37.3 Å². The molecular formula is C27H21BrN2O4. The molecule has 34 heavy (non-hydrogen) atoms. The van der Waals surface area contributed by atoms with Gasteiger partial charge in [0.15, 0.2) is 0 Å². The minimum atomic E-state index is -0.455. The van der Waals surface area contributed by atoms with Crippen molar-refractivity contribution in [1.29, 1.82) is 0 Å². The summed E-state index contributed by atoms with van der Waals surface area (Å²) in [6, 6.07) is 19.9. The molecule has 3 aliphatic carbocycles. The lowest BCUT2D eigenvalue weighted by molar-refractivity contribution is -0.139. The van der Waals surface area contributed by atoms with Crippen LogP contribution in [0.5, 0.6) is 11.5 Å². The van der Waals surface area contributed by atoms with Crippen molar-refractivity contribution in [2.45, 2.75) is 11.8 Å². The van der Waals surface area contributed by atoms with Gasteiger partial charge in [0.05, 0.1) is 36.7 Å². The quantitative estimate of drug-likeness (QED) is 0.372. The van der Waals surface area contributed by atoms with Crippen molar-refractivity contribution in [1.82, 2.24) is 5.01 Å². The Hall–Kier alpha value is -3.45. The number of carbonyl (C=O) groups excluding carboxylic acids is 2. The number of imide groups is 1. The summed E-state index contributed by atoms with van der Waals surface area (Å²) in [6.07, 6.45) is 1.50. The van der Waals surface area contributed by atoms with Crippen molar-refractivity contribution in [3.8, 4) is 11.5 Å². The number of methoxy groups -OCH3 is 2. The van der Waals surface area contributed by atoms with E-state index in [0.717, 1.165) is 27.3 Å². The van der Waals surface area contributed by atoms with E-state index in [1.165, 1.54) is 6.21 Å². The fourth-order valence-electron chi connectivity index (χ4n) is 5.88. The summed E-state index contributed by atoms with van der Waals surface area (Å²) < 4.78 is 11.5. The monoisotopic (exact) mass is 516 g/mol. The summed E-state index contributed by atoms with van der Waals surface area (Å²) in [5, 5.41) is 5.43. The molecule has 0 spiro atoms. The van der Waals surface area contributed by atoms with Crippen LogP contribution >= 0.6 is 15.9 Å². The van der Waals surface area contributed by atoms with Gasteiger partial charge in [-0.15, -0.1) is 0 Å². The molecule has 6 nitrogen and oxygen atoms in total. The van der Waals surface area contributed by atoms with Crippen LogP contribution in [0.3, 0.4) is 0 Å². The van der Waals surface area contributed by atoms with Gasteiger partial charge in [-0.05, 0) is 44.3 Å². The van der Waals surface area contributed by atoms with Crippen LogP contribution in [0.2, 0.25) is 0 Å². The van der Waals surface area contributed by atoms with Crippen molar-refractivity contribution >= 4 is 34.0 Å². The highest BCUT2D eigenvalue weighted by Crippen LogP contribution is 2.60. The molecule has 0 unspecified atom stereocenters. The van der Waals surface area contributed by atoms with Gasteiger partial charge in [-0.3, -0.25) is 9.59 Å². The Bertz CT molecular complexity index is 1270. The van der Waals surface area contributed by atoms with Gasteiger partial charge in [0.2, 0.25) is 0 Å². The van der Waals surface area contributed by atoms with Crippen LogP contribution in [0.25, 0.3) is 0 Å². The van der Waals surface area contributed by atoms with Crippen molar-refractivity contribution in [2.75, 3.05) is 14.2 Å². The largest absolute Gasteiger partial charge is 0.496 e. The highest BCUT2D eigenvalue weighted by molar-refractivity contribution is 9.10. The zero-order valence-electron chi connectivity index (χ0n) is 18.6. The van der Waals surface area contributed by atoms with Crippen LogP contribution in [0.1, 0.15) is 39.7 Å². The maximum atomic E-state index is 13.6. The topological polar surface area (TPSA) is 68.2 Å². The van der Waals surface area contributed by atoms with Gasteiger partial charge in [0, 0.05) is 23.5 Å². The highest BCUT2D eigenvalue weighted by atomic mass is 79.9. The van der Waals surface area contributed by atoms with Crippen molar-refractivity contribution in [3.63, 3.8) is 0 Å². The Labute approximate surface area is 205 Å². The molecule has 3 aromatic rings. The second-order valence-electron chi connectivity index (χ2n) is 8.73. The maximum absolute atomic E-state index is 13.6. The van der Waals surface area contributed by atoms with Crippen molar-refractivity contribution < 1.29 is 19.1 Å². The second-order valence-corrected chi connectivity index (χ2v) is 9.58. The Morgan fingerprint density at radius 3 is 1.71 bits per heavy atom. The molecule has 0 N–H and O–H groups in total. The number of hydrogen-bond acceptors (Lipinski definition) is 5. The van der Waals surface area contributed by atoms with Gasteiger partial charge in [-0.2, -0.15) is 10.1 Å². The summed E-state index contributed by atoms with van der Waals surface area (Å²) >= 11 is 3.47. The number of rotatable bonds is 4. The molecule has 2 amide bonds. The lowest BCUT2D eigenvalue weighted by Crippen LogP contribution is -2.41. The van der Waals surface area contributed by atoms with E-state index in [2.05, 4.69) is 45.3 Å². The third-order valence-electron chi connectivity index (χ3n) is 7.24. The lowest BCUT2D eigenvalue weighted by atomic mass is 9.55. The molecule has 0 aromatic heterocycles. The lowest BCUT2D eigenvalue weighted by Gasteiger charge is -2.45. The molecule has 2 bridgehead atoms. The van der Waals surface area contributed by atoms with Crippen molar-refractivity contribution in [3.05, 3.63) is 93.0 Å². The number of carbonyl (C=O) groups is 2. The number of ether oxygens (including phenoxy) is 2. The van der Waals surface area contributed by atoms with E-state index >= 15 is 0 Å². The third-order valence-corrected chi connectivity index (χ3v) is 7.86. The van der Waals surface area contributed by atoms with Crippen LogP contribution < -0.4 is 9.47 Å². The average Bonchev–Trinajstić information content (AvgIpc) is 3.12. The molecule has 1 saturated heterocycles. The first-order valence-corrected chi connectivity index (χ1v) is 11.9. The standard InChI is InChI=1S/C27H21BrN2O4/c1-33-20-12-21(34-2)19(28)11-14(20)13-29-30-26(31)24-22-15-7-3-4-8-16(15)23(25(24)27(30)32)18-10-6-5-9-17(18)22/h3-13,22-25H,1-2H3/b29-13-/t22?,23?,24-,25-/m1/s1. The SMILES string of the molecule is COc1cc(OC)c(/C=N\N2C(=O)[C@@H]3C4c5ccccc5C(c5ccccc54)[C@H]3C2=O)cc1Br. The zero-order chi connectivity index (χ0) is 23.6. The van der Waals surface area contributed by atoms with E-state index in [9.17, 15) is 9.59 Å². The van der Waals surface area contributed by atoms with Crippen LogP contribution in [0.15, 0.2) is 70.2 Å². The van der Waals surface area contributed by atoms with E-state index in [0.29, 0.717) is 21.5 Å². The van der Waals surface area contributed by atoms with E-state index in [4.69, 9.17) is 9.47 Å². The van der Waals surface area contributed by atoms with Gasteiger partial charge in [0.1, 0.15) is 11.5 Å². The highest BCUT2D eigenvalue weighted by Gasteiger charge is 2.61. The summed E-state index contributed by atoms with van der Waals surface area (Å²) in [5.74, 6) is -0.574. The predicted molar refractivity (Wildman–Crippen MR) is 130 cm³/mol. The fourth-order valence-corrected chi connectivity index (χ4v) is 6.40. The Balaban J connectivity index is 1.42. The van der Waals surface area contributed by atoms with Crippen LogP contribution in [0, 0.1) is 11.8 Å². The van der Waals surface area contributed by atoms with Crippen molar-refractivity contribution in [2.24, 2.45) is 16.9 Å². The van der Waals surface area contributed by atoms with Gasteiger partial charge < -0.3 is 9.47 Å². The number of nitrogens with zero attached hydrogens (tertiary/aromatic N) is 2. The van der Waals surface area contributed by atoms with E-state index in [-0.39, 0.29) is 23.7 Å². The number of amides is 2. The molecule has 2 atom stereocenters. The second kappa shape index (κ2) is 7.81. The Morgan fingerprint density at radius 2 is 1.26 bits per heavy atom. The van der Waals surface area contributed by atoms with Crippen LogP contribution in [-0.2, 0) is 9.59 Å². The molecular weight excluding hydrogens is 496 g/mol. The number of benzene rings is 3. The summed E-state index contributed by atoms with van der Waals surface area (Å²) in [4.78, 5) is 27.3. The van der Waals surface area contributed by atoms with E-state index in [1.807, 2.05) is 24.3 Å². The van der Waals surface area contributed by atoms with Gasteiger partial charge >= 0.3 is 0 Å². The normalized spacial score (nSPS) is 24.3. The molecule has 7 heteroatoms. The van der Waals surface area contributed by atoms with E-state index < -0.39 is 11.8 Å². The summed E-state index contributed by atoms with van der Waals surface area (Å²) in [7, 11) is 3.12. The minimum Gasteiger partial charge on any atom is -0.496 e. The smallest absolute Gasteiger partial charge is 0.254 e. The first kappa shape index (κ1) is 21.1. The van der Waals surface area contributed by atoms with Gasteiger partial charge in [-0.25, -0.2) is 0 Å². The first-order chi connectivity index (χ1) is 16.5.